The molecule has 0 aliphatic rings. The van der Waals surface area contributed by atoms with E-state index in [4.69, 9.17) is 9.68 Å². The number of nitrogens with zero attached hydrogens (tertiary/aromatic N) is 3. The highest BCUT2D eigenvalue weighted by atomic mass is 32.1. The SMILES string of the molecule is N#Cc1ccc(-c2csc(-n3c(=O)oc4ccccc43)n2)cc1. The Hall–Kier alpha value is -3.17. The normalized spacial score (nSPS) is 10.7. The molecule has 0 unspecified atom stereocenters. The van der Waals surface area contributed by atoms with Gasteiger partial charge in [0, 0.05) is 10.9 Å². The molecule has 0 saturated carbocycles. The molecule has 0 N–H and O–H groups in total. The van der Waals surface area contributed by atoms with E-state index in [2.05, 4.69) is 11.1 Å². The van der Waals surface area contributed by atoms with Gasteiger partial charge in [-0.25, -0.2) is 14.3 Å². The number of benzene rings is 2. The highest BCUT2D eigenvalue weighted by molar-refractivity contribution is 7.12. The van der Waals surface area contributed by atoms with Crippen molar-refractivity contribution < 1.29 is 4.42 Å². The van der Waals surface area contributed by atoms with E-state index >= 15 is 0 Å². The van der Waals surface area contributed by atoms with Crippen molar-refractivity contribution in [2.75, 3.05) is 0 Å². The minimum absolute atomic E-state index is 0.452. The van der Waals surface area contributed by atoms with Crippen molar-refractivity contribution in [3.63, 3.8) is 0 Å². The summed E-state index contributed by atoms with van der Waals surface area (Å²) >= 11 is 1.37. The quantitative estimate of drug-likeness (QED) is 0.566. The molecule has 0 atom stereocenters. The monoisotopic (exact) mass is 319 g/mol. The van der Waals surface area contributed by atoms with Crippen LogP contribution in [0.2, 0.25) is 0 Å². The van der Waals surface area contributed by atoms with Crippen LogP contribution in [-0.4, -0.2) is 9.55 Å². The van der Waals surface area contributed by atoms with Gasteiger partial charge in [0.1, 0.15) is 0 Å². The Kier molecular flexibility index (Phi) is 3.07. The van der Waals surface area contributed by atoms with Crippen LogP contribution in [0, 0.1) is 11.3 Å². The van der Waals surface area contributed by atoms with Gasteiger partial charge in [0.15, 0.2) is 10.7 Å². The van der Waals surface area contributed by atoms with Gasteiger partial charge < -0.3 is 4.42 Å². The van der Waals surface area contributed by atoms with Gasteiger partial charge in [0.25, 0.3) is 0 Å². The smallest absolute Gasteiger partial charge is 0.407 e. The molecule has 0 aliphatic heterocycles. The number of para-hydroxylation sites is 2. The highest BCUT2D eigenvalue weighted by Gasteiger charge is 2.14. The third-order valence-electron chi connectivity index (χ3n) is 3.48. The Morgan fingerprint density at radius 2 is 1.91 bits per heavy atom. The van der Waals surface area contributed by atoms with Crippen molar-refractivity contribution in [2.24, 2.45) is 0 Å². The molecule has 6 heteroatoms. The van der Waals surface area contributed by atoms with Crippen molar-refractivity contribution in [3.05, 3.63) is 70.0 Å². The van der Waals surface area contributed by atoms with Crippen molar-refractivity contribution in [3.8, 4) is 22.5 Å². The Labute approximate surface area is 134 Å². The molecule has 2 heterocycles. The molecule has 4 aromatic rings. The van der Waals surface area contributed by atoms with Crippen LogP contribution in [0.25, 0.3) is 27.5 Å². The Morgan fingerprint density at radius 1 is 1.13 bits per heavy atom. The van der Waals surface area contributed by atoms with Gasteiger partial charge >= 0.3 is 5.76 Å². The Bertz CT molecular complexity index is 1100. The zero-order chi connectivity index (χ0) is 15.8. The molecule has 2 aromatic carbocycles. The Morgan fingerprint density at radius 3 is 2.70 bits per heavy atom. The summed E-state index contributed by atoms with van der Waals surface area (Å²) in [7, 11) is 0. The first kappa shape index (κ1) is 13.5. The van der Waals surface area contributed by atoms with Crippen LogP contribution < -0.4 is 5.76 Å². The molecular formula is C17H9N3O2S. The predicted octanol–water partition coefficient (Wildman–Crippen LogP) is 3.58. The van der Waals surface area contributed by atoms with Crippen molar-refractivity contribution in [2.45, 2.75) is 0 Å². The summed E-state index contributed by atoms with van der Waals surface area (Å²) < 4.78 is 6.70. The molecule has 0 aliphatic carbocycles. The van der Waals surface area contributed by atoms with Crippen molar-refractivity contribution >= 4 is 22.4 Å². The topological polar surface area (TPSA) is 71.8 Å². The van der Waals surface area contributed by atoms with Gasteiger partial charge in [0.05, 0.1) is 22.8 Å². The lowest BCUT2D eigenvalue weighted by molar-refractivity contribution is 0.540. The second-order valence-electron chi connectivity index (χ2n) is 4.88. The molecule has 4 rings (SSSR count). The maximum absolute atomic E-state index is 12.1. The van der Waals surface area contributed by atoms with E-state index in [-0.39, 0.29) is 0 Å². The lowest BCUT2D eigenvalue weighted by Crippen LogP contribution is -2.11. The molecule has 0 spiro atoms. The molecule has 5 nitrogen and oxygen atoms in total. The van der Waals surface area contributed by atoms with Crippen LogP contribution in [0.15, 0.2) is 63.1 Å². The van der Waals surface area contributed by atoms with Crippen molar-refractivity contribution in [1.82, 2.24) is 9.55 Å². The fourth-order valence-corrected chi connectivity index (χ4v) is 3.20. The maximum atomic E-state index is 12.1. The Balaban J connectivity index is 1.82. The van der Waals surface area contributed by atoms with Crippen LogP contribution in [0.3, 0.4) is 0 Å². The zero-order valence-electron chi connectivity index (χ0n) is 11.8. The third-order valence-corrected chi connectivity index (χ3v) is 4.30. The second kappa shape index (κ2) is 5.23. The van der Waals surface area contributed by atoms with E-state index in [1.165, 1.54) is 15.9 Å². The van der Waals surface area contributed by atoms with Crippen LogP contribution in [0.4, 0.5) is 0 Å². The lowest BCUT2D eigenvalue weighted by Gasteiger charge is -1.97. The van der Waals surface area contributed by atoms with Crippen LogP contribution >= 0.6 is 11.3 Å². The number of thiazole rings is 1. The van der Waals surface area contributed by atoms with Crippen LogP contribution in [-0.2, 0) is 0 Å². The molecular weight excluding hydrogens is 310 g/mol. The fraction of sp³-hybridized carbons (Fsp3) is 0. The predicted molar refractivity (Wildman–Crippen MR) is 87.6 cm³/mol. The highest BCUT2D eigenvalue weighted by Crippen LogP contribution is 2.26. The first-order valence-electron chi connectivity index (χ1n) is 6.83. The fourth-order valence-electron chi connectivity index (χ4n) is 2.36. The summed E-state index contributed by atoms with van der Waals surface area (Å²) in [5, 5.41) is 11.3. The van der Waals surface area contributed by atoms with E-state index in [9.17, 15) is 4.79 Å². The minimum Gasteiger partial charge on any atom is -0.407 e. The van der Waals surface area contributed by atoms with E-state index in [0.717, 1.165) is 11.3 Å². The van der Waals surface area contributed by atoms with Gasteiger partial charge in [-0.1, -0.05) is 24.3 Å². The average molecular weight is 319 g/mol. The summed E-state index contributed by atoms with van der Waals surface area (Å²) in [6, 6.07) is 16.5. The van der Waals surface area contributed by atoms with Gasteiger partial charge in [0.2, 0.25) is 0 Å². The second-order valence-corrected chi connectivity index (χ2v) is 5.71. The standard InChI is InChI=1S/C17H9N3O2S/c18-9-11-5-7-12(8-6-11)13-10-23-16(19-13)20-14-3-1-2-4-15(14)22-17(20)21/h1-8,10H. The van der Waals surface area contributed by atoms with E-state index in [1.807, 2.05) is 35.7 Å². The maximum Gasteiger partial charge on any atom is 0.426 e. The molecule has 2 aromatic heterocycles. The summed E-state index contributed by atoms with van der Waals surface area (Å²) in [5.41, 5.74) is 3.48. The number of aromatic nitrogens is 2. The number of hydrogen-bond donors (Lipinski definition) is 0. The summed E-state index contributed by atoms with van der Waals surface area (Å²) in [4.78, 5) is 16.6. The summed E-state index contributed by atoms with van der Waals surface area (Å²) in [6.45, 7) is 0. The van der Waals surface area contributed by atoms with Crippen LogP contribution in [0.5, 0.6) is 0 Å². The number of hydrogen-bond acceptors (Lipinski definition) is 5. The molecule has 0 bridgehead atoms. The summed E-state index contributed by atoms with van der Waals surface area (Å²) in [5.74, 6) is -0.452. The third kappa shape index (κ3) is 2.24. The van der Waals surface area contributed by atoms with Gasteiger partial charge in [-0.05, 0) is 24.3 Å². The van der Waals surface area contributed by atoms with Gasteiger partial charge in [-0.2, -0.15) is 5.26 Å². The molecule has 0 amide bonds. The average Bonchev–Trinajstić information content (AvgIpc) is 3.18. The lowest BCUT2D eigenvalue weighted by atomic mass is 10.1. The number of fused-ring (bicyclic) bond motifs is 1. The molecule has 0 saturated heterocycles. The number of rotatable bonds is 2. The van der Waals surface area contributed by atoms with Gasteiger partial charge in [-0.15, -0.1) is 11.3 Å². The van der Waals surface area contributed by atoms with E-state index in [0.29, 0.717) is 21.8 Å². The van der Waals surface area contributed by atoms with Crippen LogP contribution in [0.1, 0.15) is 5.56 Å². The molecule has 0 radical (unpaired) electrons. The number of nitriles is 1. The minimum atomic E-state index is -0.452. The zero-order valence-corrected chi connectivity index (χ0v) is 12.6. The molecule has 0 fully saturated rings. The van der Waals surface area contributed by atoms with E-state index in [1.54, 1.807) is 18.2 Å². The largest absolute Gasteiger partial charge is 0.426 e. The molecule has 23 heavy (non-hydrogen) atoms. The van der Waals surface area contributed by atoms with Gasteiger partial charge in [-0.3, -0.25) is 0 Å². The molecule has 110 valence electrons. The van der Waals surface area contributed by atoms with Crippen molar-refractivity contribution in [1.29, 1.82) is 5.26 Å². The number of oxazole rings is 1. The first-order chi connectivity index (χ1) is 11.3. The first-order valence-corrected chi connectivity index (χ1v) is 7.71. The summed E-state index contributed by atoms with van der Waals surface area (Å²) in [6.07, 6.45) is 0. The van der Waals surface area contributed by atoms with E-state index < -0.39 is 5.76 Å².